The molecule has 1 N–H and O–H groups in total. The van der Waals surface area contributed by atoms with Crippen LogP contribution in [0.2, 0.25) is 0 Å². The first-order valence-corrected chi connectivity index (χ1v) is 4.01. The molecule has 0 aromatic heterocycles. The van der Waals surface area contributed by atoms with Gasteiger partial charge in [-0.15, -0.1) is 12.4 Å². The molecule has 2 nitrogen and oxygen atoms in total. The fourth-order valence-electron chi connectivity index (χ4n) is 1.00. The molecule has 0 aliphatic heterocycles. The van der Waals surface area contributed by atoms with Crippen LogP contribution in [0.3, 0.4) is 0 Å². The number of anilines is 1. The van der Waals surface area contributed by atoms with Gasteiger partial charge in [-0.05, 0) is 19.1 Å². The molecule has 0 unspecified atom stereocenters. The number of nitrogens with one attached hydrogen (secondary N) is 1. The quantitative estimate of drug-likeness (QED) is 0.847. The number of alkyl halides is 2. The second-order valence-corrected chi connectivity index (χ2v) is 2.40. The third kappa shape index (κ3) is 3.79. The Kier molecular flexibility index (Phi) is 5.95. The number of rotatable bonds is 4. The lowest BCUT2D eigenvalue weighted by Crippen LogP contribution is -2.05. The fraction of sp³-hybridized carbons (Fsp3) is 0.333. The fourth-order valence-corrected chi connectivity index (χ4v) is 1.00. The standard InChI is InChI=1S/C9H11F2NO.ClH/c1-2-12-7-5-3-4-6-8(7)13-9(10)11;/h3-6,9,12H,2H2,1H3;1H. The van der Waals surface area contributed by atoms with Gasteiger partial charge in [0.15, 0.2) is 0 Å². The number of hydrogen-bond donors (Lipinski definition) is 1. The van der Waals surface area contributed by atoms with Gasteiger partial charge in [0, 0.05) is 6.54 Å². The summed E-state index contributed by atoms with van der Waals surface area (Å²) in [4.78, 5) is 0. The van der Waals surface area contributed by atoms with E-state index in [4.69, 9.17) is 0 Å². The third-order valence-electron chi connectivity index (χ3n) is 1.47. The Bertz CT molecular complexity index is 271. The van der Waals surface area contributed by atoms with E-state index in [2.05, 4.69) is 10.1 Å². The van der Waals surface area contributed by atoms with Crippen molar-refractivity contribution in [2.75, 3.05) is 11.9 Å². The Hall–Kier alpha value is -1.03. The zero-order chi connectivity index (χ0) is 9.68. The molecule has 5 heteroatoms. The largest absolute Gasteiger partial charge is 0.433 e. The van der Waals surface area contributed by atoms with Gasteiger partial charge in [0.05, 0.1) is 5.69 Å². The number of benzene rings is 1. The van der Waals surface area contributed by atoms with Crippen LogP contribution in [0, 0.1) is 0 Å². The zero-order valence-corrected chi connectivity index (χ0v) is 8.48. The highest BCUT2D eigenvalue weighted by Crippen LogP contribution is 2.24. The van der Waals surface area contributed by atoms with Gasteiger partial charge < -0.3 is 10.1 Å². The van der Waals surface area contributed by atoms with Crippen LogP contribution >= 0.6 is 12.4 Å². The van der Waals surface area contributed by atoms with E-state index in [0.717, 1.165) is 0 Å². The van der Waals surface area contributed by atoms with Crippen molar-refractivity contribution < 1.29 is 13.5 Å². The Labute approximate surface area is 87.7 Å². The lowest BCUT2D eigenvalue weighted by molar-refractivity contribution is -0.0493. The van der Waals surface area contributed by atoms with Crippen LogP contribution in [0.15, 0.2) is 24.3 Å². The molecule has 80 valence electrons. The van der Waals surface area contributed by atoms with Gasteiger partial charge >= 0.3 is 6.61 Å². The van der Waals surface area contributed by atoms with Gasteiger partial charge in [-0.2, -0.15) is 8.78 Å². The molecular weight excluding hydrogens is 212 g/mol. The lowest BCUT2D eigenvalue weighted by atomic mass is 10.3. The van der Waals surface area contributed by atoms with Crippen LogP contribution in [-0.4, -0.2) is 13.2 Å². The van der Waals surface area contributed by atoms with Gasteiger partial charge in [-0.25, -0.2) is 0 Å². The molecule has 0 saturated carbocycles. The minimum atomic E-state index is -2.78. The Morgan fingerprint density at radius 2 is 2.00 bits per heavy atom. The van der Waals surface area contributed by atoms with Crippen molar-refractivity contribution in [3.05, 3.63) is 24.3 Å². The molecule has 14 heavy (non-hydrogen) atoms. The highest BCUT2D eigenvalue weighted by atomic mass is 35.5. The monoisotopic (exact) mass is 223 g/mol. The van der Waals surface area contributed by atoms with E-state index < -0.39 is 6.61 Å². The van der Waals surface area contributed by atoms with Crippen molar-refractivity contribution >= 4 is 18.1 Å². The maximum absolute atomic E-state index is 11.9. The molecule has 0 bridgehead atoms. The van der Waals surface area contributed by atoms with Crippen LogP contribution in [-0.2, 0) is 0 Å². The van der Waals surface area contributed by atoms with E-state index >= 15 is 0 Å². The highest BCUT2D eigenvalue weighted by Gasteiger charge is 2.07. The maximum Gasteiger partial charge on any atom is 0.387 e. The molecule has 0 aliphatic rings. The van der Waals surface area contributed by atoms with Crippen LogP contribution in [0.5, 0.6) is 5.75 Å². The third-order valence-corrected chi connectivity index (χ3v) is 1.47. The molecule has 1 aromatic rings. The molecule has 0 aliphatic carbocycles. The van der Waals surface area contributed by atoms with E-state index in [9.17, 15) is 8.78 Å². The van der Waals surface area contributed by atoms with Gasteiger partial charge in [0.2, 0.25) is 0 Å². The van der Waals surface area contributed by atoms with Gasteiger partial charge in [0.25, 0.3) is 0 Å². The van der Waals surface area contributed by atoms with Crippen molar-refractivity contribution in [1.82, 2.24) is 0 Å². The Morgan fingerprint density at radius 3 is 2.57 bits per heavy atom. The zero-order valence-electron chi connectivity index (χ0n) is 7.67. The van der Waals surface area contributed by atoms with E-state index in [-0.39, 0.29) is 18.2 Å². The summed E-state index contributed by atoms with van der Waals surface area (Å²) in [6, 6.07) is 6.61. The minimum Gasteiger partial charge on any atom is -0.433 e. The van der Waals surface area contributed by atoms with Crippen LogP contribution in [0.25, 0.3) is 0 Å². The van der Waals surface area contributed by atoms with Gasteiger partial charge in [-0.3, -0.25) is 0 Å². The second-order valence-electron chi connectivity index (χ2n) is 2.40. The molecule has 0 amide bonds. The summed E-state index contributed by atoms with van der Waals surface area (Å²) in [5, 5.41) is 2.92. The number of halogens is 3. The molecule has 0 atom stereocenters. The number of para-hydroxylation sites is 2. The normalized spacial score (nSPS) is 9.43. The summed E-state index contributed by atoms with van der Waals surface area (Å²) >= 11 is 0. The van der Waals surface area contributed by atoms with E-state index in [0.29, 0.717) is 12.2 Å². The molecule has 0 saturated heterocycles. The number of ether oxygens (including phenoxy) is 1. The summed E-state index contributed by atoms with van der Waals surface area (Å²) in [6.07, 6.45) is 0. The molecule has 0 radical (unpaired) electrons. The first-order chi connectivity index (χ1) is 6.24. The van der Waals surface area contributed by atoms with Crippen molar-refractivity contribution in [2.24, 2.45) is 0 Å². The predicted molar refractivity (Wildman–Crippen MR) is 54.5 cm³/mol. The maximum atomic E-state index is 11.9. The summed E-state index contributed by atoms with van der Waals surface area (Å²) in [7, 11) is 0. The van der Waals surface area contributed by atoms with Crippen LogP contribution in [0.1, 0.15) is 6.92 Å². The SMILES string of the molecule is CCNc1ccccc1OC(F)F.Cl. The molecule has 0 fully saturated rings. The molecule has 1 aromatic carbocycles. The summed E-state index contributed by atoms with van der Waals surface area (Å²) in [6.45, 7) is -0.220. The summed E-state index contributed by atoms with van der Waals surface area (Å²) in [5.74, 6) is 0.180. The van der Waals surface area contributed by atoms with Crippen molar-refractivity contribution in [2.45, 2.75) is 13.5 Å². The van der Waals surface area contributed by atoms with E-state index in [1.165, 1.54) is 6.07 Å². The summed E-state index contributed by atoms with van der Waals surface area (Å²) in [5.41, 5.74) is 0.588. The van der Waals surface area contributed by atoms with Crippen molar-refractivity contribution in [1.29, 1.82) is 0 Å². The average Bonchev–Trinajstić information content (AvgIpc) is 2.08. The van der Waals surface area contributed by atoms with Crippen LogP contribution in [0.4, 0.5) is 14.5 Å². The first kappa shape index (κ1) is 13.0. The smallest absolute Gasteiger partial charge is 0.387 e. The van der Waals surface area contributed by atoms with E-state index in [1.807, 2.05) is 6.92 Å². The van der Waals surface area contributed by atoms with Crippen molar-refractivity contribution in [3.63, 3.8) is 0 Å². The first-order valence-electron chi connectivity index (χ1n) is 4.01. The van der Waals surface area contributed by atoms with Gasteiger partial charge in [-0.1, -0.05) is 12.1 Å². The predicted octanol–water partition coefficient (Wildman–Crippen LogP) is 3.14. The van der Waals surface area contributed by atoms with E-state index in [1.54, 1.807) is 18.2 Å². The molecule has 1 rings (SSSR count). The summed E-state index contributed by atoms with van der Waals surface area (Å²) < 4.78 is 28.1. The lowest BCUT2D eigenvalue weighted by Gasteiger charge is -2.10. The Morgan fingerprint density at radius 1 is 1.36 bits per heavy atom. The average molecular weight is 224 g/mol. The van der Waals surface area contributed by atoms with Crippen LogP contribution < -0.4 is 10.1 Å². The van der Waals surface area contributed by atoms with Crippen molar-refractivity contribution in [3.8, 4) is 5.75 Å². The molecular formula is C9H12ClF2NO. The Balaban J connectivity index is 0.00000169. The molecule has 0 spiro atoms. The second kappa shape index (κ2) is 6.43. The minimum absolute atomic E-state index is 0. The highest BCUT2D eigenvalue weighted by molar-refractivity contribution is 5.85. The van der Waals surface area contributed by atoms with Gasteiger partial charge in [0.1, 0.15) is 5.75 Å². The topological polar surface area (TPSA) is 21.3 Å². The molecule has 0 heterocycles. The number of hydrogen-bond acceptors (Lipinski definition) is 2.